The lowest BCUT2D eigenvalue weighted by Gasteiger charge is -2.44. The van der Waals surface area contributed by atoms with Crippen LogP contribution in [0.3, 0.4) is 0 Å². The van der Waals surface area contributed by atoms with Gasteiger partial charge in [-0.05, 0) is 6.92 Å². The Bertz CT molecular complexity index is 426. The number of hydrogen-bond acceptors (Lipinski definition) is 1. The topological polar surface area (TPSA) is 9.23 Å². The first kappa shape index (κ1) is 20.0. The average molecular weight is 466 g/mol. The van der Waals surface area contributed by atoms with Crippen LogP contribution in [0.25, 0.3) is 0 Å². The highest BCUT2D eigenvalue weighted by molar-refractivity contribution is 14.1. The number of hydrogen-bond donors (Lipinski definition) is 0. The summed E-state index contributed by atoms with van der Waals surface area (Å²) in [7, 11) is 0. The monoisotopic (exact) mass is 466 g/mol. The second-order valence-electron chi connectivity index (χ2n) is 4.68. The van der Waals surface area contributed by atoms with Crippen molar-refractivity contribution in [1.82, 2.24) is 0 Å². The van der Waals surface area contributed by atoms with E-state index in [0.717, 1.165) is 0 Å². The smallest absolute Gasteiger partial charge is 0.338 e. The van der Waals surface area contributed by atoms with Gasteiger partial charge in [-0.25, -0.2) is 8.78 Å². The van der Waals surface area contributed by atoms with Crippen molar-refractivity contribution in [3.8, 4) is 0 Å². The Morgan fingerprint density at radius 3 is 1.55 bits per heavy atom. The Hall–Kier alpha value is -0.0800. The third-order valence-electron chi connectivity index (χ3n) is 3.12. The Morgan fingerprint density at radius 2 is 1.27 bits per heavy atom. The van der Waals surface area contributed by atoms with Crippen LogP contribution < -0.4 is 0 Å². The van der Waals surface area contributed by atoms with Gasteiger partial charge in [0, 0.05) is 6.42 Å². The summed E-state index contributed by atoms with van der Waals surface area (Å²) in [6.45, 7) is 0.605. The minimum Gasteiger partial charge on any atom is -0.338 e. The number of rotatable bonds is 1. The first-order valence-corrected chi connectivity index (χ1v) is 6.38. The molecule has 1 nitrogen and oxygen atoms in total. The third-order valence-corrected chi connectivity index (χ3v) is 4.86. The highest BCUT2D eigenvalue weighted by atomic mass is 127. The molecule has 1 fully saturated rings. The van der Waals surface area contributed by atoms with Crippen molar-refractivity contribution in [2.24, 2.45) is 0 Å². The van der Waals surface area contributed by atoms with E-state index in [1.54, 1.807) is 0 Å². The molecule has 0 N–H and O–H groups in total. The molecule has 132 valence electrons. The van der Waals surface area contributed by atoms with E-state index in [2.05, 4.69) is 4.74 Å². The fourth-order valence-electron chi connectivity index (χ4n) is 2.12. The van der Waals surface area contributed by atoms with Gasteiger partial charge in [-0.2, -0.15) is 39.5 Å². The van der Waals surface area contributed by atoms with E-state index in [-0.39, 0.29) is 22.6 Å². The summed E-state index contributed by atoms with van der Waals surface area (Å²) in [5, 5.41) is 0. The molecule has 0 aromatic heterocycles. The third kappa shape index (κ3) is 2.36. The summed E-state index contributed by atoms with van der Waals surface area (Å²) in [6, 6.07) is 0. The molecule has 0 amide bonds. The molecule has 1 heterocycles. The number of ether oxygens (including phenoxy) is 1. The van der Waals surface area contributed by atoms with Crippen molar-refractivity contribution < 1.29 is 53.0 Å². The van der Waals surface area contributed by atoms with Gasteiger partial charge >= 0.3 is 24.2 Å². The van der Waals surface area contributed by atoms with E-state index in [9.17, 15) is 48.3 Å². The number of halogens is 12. The summed E-state index contributed by atoms with van der Waals surface area (Å²) in [5.41, 5.74) is -6.85. The highest BCUT2D eigenvalue weighted by Crippen LogP contribution is 2.67. The standard InChI is InChI=1S/C9H6F11IO/c1-3-2-4(21,7(12,13)14)6(11,22-3)5(10,8(15,16)17)9(18,19)20/h3H,2H2,1H3. The van der Waals surface area contributed by atoms with E-state index in [0.29, 0.717) is 6.92 Å². The van der Waals surface area contributed by atoms with E-state index >= 15 is 0 Å². The molecule has 0 spiro atoms. The van der Waals surface area contributed by atoms with E-state index in [4.69, 9.17) is 0 Å². The normalized spacial score (nSPS) is 35.0. The molecule has 1 aliphatic heterocycles. The zero-order valence-corrected chi connectivity index (χ0v) is 12.4. The zero-order valence-electron chi connectivity index (χ0n) is 10.2. The van der Waals surface area contributed by atoms with Crippen LogP contribution >= 0.6 is 22.6 Å². The maximum Gasteiger partial charge on any atom is 0.437 e. The van der Waals surface area contributed by atoms with Crippen molar-refractivity contribution in [2.45, 2.75) is 52.9 Å². The van der Waals surface area contributed by atoms with Crippen LogP contribution in [-0.4, -0.2) is 39.6 Å². The molecule has 0 radical (unpaired) electrons. The maximum atomic E-state index is 14.4. The molecule has 1 rings (SSSR count). The largest absolute Gasteiger partial charge is 0.437 e. The predicted octanol–water partition coefficient (Wildman–Crippen LogP) is 5.03. The fraction of sp³-hybridized carbons (Fsp3) is 1.00. The minimum absolute atomic E-state index is 0.00621. The van der Waals surface area contributed by atoms with Crippen LogP contribution in [0.15, 0.2) is 0 Å². The van der Waals surface area contributed by atoms with Crippen LogP contribution in [0, 0.1) is 0 Å². The molecule has 0 aliphatic carbocycles. The molecular weight excluding hydrogens is 460 g/mol. The molecule has 0 aromatic rings. The molecule has 22 heavy (non-hydrogen) atoms. The molecule has 0 aromatic carbocycles. The van der Waals surface area contributed by atoms with Gasteiger partial charge < -0.3 is 4.74 Å². The van der Waals surface area contributed by atoms with E-state index in [1.165, 1.54) is 0 Å². The van der Waals surface area contributed by atoms with Crippen molar-refractivity contribution in [3.05, 3.63) is 0 Å². The summed E-state index contributed by atoms with van der Waals surface area (Å²) in [5.74, 6) is -5.73. The van der Waals surface area contributed by atoms with Gasteiger partial charge in [-0.3, -0.25) is 0 Å². The predicted molar refractivity (Wildman–Crippen MR) is 57.8 cm³/mol. The maximum absolute atomic E-state index is 14.4. The van der Waals surface area contributed by atoms with Crippen LogP contribution in [0.4, 0.5) is 48.3 Å². The van der Waals surface area contributed by atoms with Gasteiger partial charge in [0.1, 0.15) is 0 Å². The Labute approximate surface area is 129 Å². The van der Waals surface area contributed by atoms with Gasteiger partial charge in [0.2, 0.25) is 0 Å². The second kappa shape index (κ2) is 4.96. The van der Waals surface area contributed by atoms with Crippen molar-refractivity contribution in [3.63, 3.8) is 0 Å². The fourth-order valence-corrected chi connectivity index (χ4v) is 3.24. The van der Waals surface area contributed by atoms with Crippen LogP contribution in [0.2, 0.25) is 0 Å². The quantitative estimate of drug-likeness (QED) is 0.300. The summed E-state index contributed by atoms with van der Waals surface area (Å²) < 4.78 is 142. The van der Waals surface area contributed by atoms with Gasteiger partial charge in [-0.1, -0.05) is 22.6 Å². The van der Waals surface area contributed by atoms with Gasteiger partial charge in [-0.15, -0.1) is 0 Å². The van der Waals surface area contributed by atoms with Gasteiger partial charge in [0.05, 0.1) is 6.10 Å². The van der Waals surface area contributed by atoms with E-state index in [1.807, 2.05) is 0 Å². The van der Waals surface area contributed by atoms with E-state index < -0.39 is 46.0 Å². The molecule has 3 unspecified atom stereocenters. The first-order chi connectivity index (χ1) is 9.35. The lowest BCUT2D eigenvalue weighted by atomic mass is 9.83. The Kier molecular flexibility index (Phi) is 4.50. The molecular formula is C9H6F11IO. The van der Waals surface area contributed by atoms with Crippen LogP contribution in [-0.2, 0) is 4.74 Å². The number of alkyl halides is 12. The molecule has 0 saturated carbocycles. The summed E-state index contributed by atoms with van der Waals surface area (Å²) >= 11 is 0.00621. The SMILES string of the molecule is CC1CC(I)(C(F)(F)F)C(F)(C(F)(C(F)(F)F)C(F)(F)F)O1. The average Bonchev–Trinajstić information content (AvgIpc) is 2.45. The molecule has 3 atom stereocenters. The lowest BCUT2D eigenvalue weighted by Crippen LogP contribution is -2.74. The van der Waals surface area contributed by atoms with Gasteiger partial charge in [0.15, 0.2) is 3.42 Å². The van der Waals surface area contributed by atoms with Crippen molar-refractivity contribution >= 4 is 22.6 Å². The summed E-state index contributed by atoms with van der Waals surface area (Å²) in [6.07, 6.45) is -23.6. The first-order valence-electron chi connectivity index (χ1n) is 5.30. The zero-order chi connectivity index (χ0) is 18.0. The highest BCUT2D eigenvalue weighted by Gasteiger charge is 2.92. The van der Waals surface area contributed by atoms with Crippen LogP contribution in [0.5, 0.6) is 0 Å². The lowest BCUT2D eigenvalue weighted by molar-refractivity contribution is -0.424. The van der Waals surface area contributed by atoms with Crippen LogP contribution in [0.1, 0.15) is 13.3 Å². The van der Waals surface area contributed by atoms with Crippen molar-refractivity contribution in [2.75, 3.05) is 0 Å². The Balaban J connectivity index is 3.72. The second-order valence-corrected chi connectivity index (χ2v) is 6.52. The minimum atomic E-state index is -7.02. The summed E-state index contributed by atoms with van der Waals surface area (Å²) in [4.78, 5) is 0. The Morgan fingerprint density at radius 1 is 0.909 bits per heavy atom. The molecule has 13 heteroatoms. The van der Waals surface area contributed by atoms with Gasteiger partial charge in [0.25, 0.3) is 5.85 Å². The van der Waals surface area contributed by atoms with Crippen molar-refractivity contribution in [1.29, 1.82) is 0 Å². The molecule has 0 bridgehead atoms. The molecule has 1 aliphatic rings. The molecule has 1 saturated heterocycles.